The Morgan fingerprint density at radius 3 is 2.68 bits per heavy atom. The SMILES string of the molecule is CCCC[C@H](CC)CNC(=O)C1CCN(Cc2cccc(C)c2)CC1. The average Bonchev–Trinajstić information content (AvgIpc) is 2.62. The molecule has 0 aliphatic carbocycles. The Labute approximate surface area is 154 Å². The molecule has 0 radical (unpaired) electrons. The fraction of sp³-hybridized carbons (Fsp3) is 0.682. The van der Waals surface area contributed by atoms with Crippen molar-refractivity contribution >= 4 is 5.91 Å². The minimum Gasteiger partial charge on any atom is -0.356 e. The molecule has 1 N–H and O–H groups in total. The normalized spacial score (nSPS) is 17.4. The quantitative estimate of drug-likeness (QED) is 0.713. The molecule has 1 fully saturated rings. The van der Waals surface area contributed by atoms with E-state index in [1.54, 1.807) is 0 Å². The van der Waals surface area contributed by atoms with Crippen LogP contribution in [0.3, 0.4) is 0 Å². The molecule has 1 aliphatic rings. The van der Waals surface area contributed by atoms with Gasteiger partial charge in [0, 0.05) is 19.0 Å². The predicted octanol–water partition coefficient (Wildman–Crippen LogP) is 4.54. The Kier molecular flexibility index (Phi) is 8.47. The smallest absolute Gasteiger partial charge is 0.223 e. The van der Waals surface area contributed by atoms with Gasteiger partial charge in [-0.05, 0) is 50.8 Å². The molecule has 1 atom stereocenters. The van der Waals surface area contributed by atoms with Crippen LogP contribution in [-0.2, 0) is 11.3 Å². The number of nitrogens with one attached hydrogen (secondary N) is 1. The van der Waals surface area contributed by atoms with Crippen molar-refractivity contribution in [2.45, 2.75) is 65.8 Å². The summed E-state index contributed by atoms with van der Waals surface area (Å²) >= 11 is 0. The molecule has 1 aliphatic heterocycles. The molecule has 0 unspecified atom stereocenters. The molecular formula is C22H36N2O. The van der Waals surface area contributed by atoms with Crippen molar-refractivity contribution in [3.63, 3.8) is 0 Å². The first kappa shape index (κ1) is 20.0. The number of hydrogen-bond acceptors (Lipinski definition) is 2. The minimum atomic E-state index is 0.206. The van der Waals surface area contributed by atoms with E-state index < -0.39 is 0 Å². The van der Waals surface area contributed by atoms with Gasteiger partial charge < -0.3 is 5.32 Å². The van der Waals surface area contributed by atoms with Gasteiger partial charge in [0.25, 0.3) is 0 Å². The molecule has 2 rings (SSSR count). The first-order valence-corrected chi connectivity index (χ1v) is 10.2. The van der Waals surface area contributed by atoms with Gasteiger partial charge in [-0.2, -0.15) is 0 Å². The molecule has 0 aromatic heterocycles. The van der Waals surface area contributed by atoms with Gasteiger partial charge >= 0.3 is 0 Å². The van der Waals surface area contributed by atoms with Crippen LogP contribution in [0.4, 0.5) is 0 Å². The maximum absolute atomic E-state index is 12.5. The van der Waals surface area contributed by atoms with Crippen molar-refractivity contribution in [1.29, 1.82) is 0 Å². The van der Waals surface area contributed by atoms with Crippen LogP contribution >= 0.6 is 0 Å². The number of piperidine rings is 1. The third kappa shape index (κ3) is 6.81. The molecule has 1 heterocycles. The Balaban J connectivity index is 1.71. The van der Waals surface area contributed by atoms with Crippen LogP contribution in [0, 0.1) is 18.8 Å². The van der Waals surface area contributed by atoms with Crippen molar-refractivity contribution in [1.82, 2.24) is 10.2 Å². The summed E-state index contributed by atoms with van der Waals surface area (Å²) in [7, 11) is 0. The average molecular weight is 345 g/mol. The van der Waals surface area contributed by atoms with Crippen LogP contribution in [0.2, 0.25) is 0 Å². The first-order chi connectivity index (χ1) is 12.1. The number of benzene rings is 1. The number of rotatable bonds is 9. The van der Waals surface area contributed by atoms with Crippen molar-refractivity contribution in [2.24, 2.45) is 11.8 Å². The first-order valence-electron chi connectivity index (χ1n) is 10.2. The van der Waals surface area contributed by atoms with Gasteiger partial charge in [0.15, 0.2) is 0 Å². The topological polar surface area (TPSA) is 32.3 Å². The standard InChI is InChI=1S/C22H36N2O/c1-4-6-9-19(5-2)16-23-22(25)21-11-13-24(14-12-21)17-20-10-7-8-18(3)15-20/h7-8,10,15,19,21H,4-6,9,11-14,16-17H2,1-3H3,(H,23,25)/t19-/m0/s1. The Morgan fingerprint density at radius 2 is 2.04 bits per heavy atom. The van der Waals surface area contributed by atoms with E-state index in [0.29, 0.717) is 5.92 Å². The number of hydrogen-bond donors (Lipinski definition) is 1. The fourth-order valence-corrected chi connectivity index (χ4v) is 3.75. The monoisotopic (exact) mass is 344 g/mol. The molecule has 0 saturated carbocycles. The highest BCUT2D eigenvalue weighted by Crippen LogP contribution is 2.20. The lowest BCUT2D eigenvalue weighted by Crippen LogP contribution is -2.41. The molecule has 25 heavy (non-hydrogen) atoms. The number of amides is 1. The number of carbonyl (C=O) groups excluding carboxylic acids is 1. The van der Waals surface area contributed by atoms with E-state index in [-0.39, 0.29) is 11.8 Å². The van der Waals surface area contributed by atoms with E-state index in [4.69, 9.17) is 0 Å². The second-order valence-electron chi connectivity index (χ2n) is 7.70. The lowest BCUT2D eigenvalue weighted by Gasteiger charge is -2.31. The molecule has 1 aromatic rings. The zero-order valence-electron chi connectivity index (χ0n) is 16.4. The number of nitrogens with zero attached hydrogens (tertiary/aromatic N) is 1. The summed E-state index contributed by atoms with van der Waals surface area (Å²) in [4.78, 5) is 15.0. The second kappa shape index (κ2) is 10.6. The Hall–Kier alpha value is -1.35. The summed E-state index contributed by atoms with van der Waals surface area (Å²) in [5.41, 5.74) is 2.70. The fourth-order valence-electron chi connectivity index (χ4n) is 3.75. The van der Waals surface area contributed by atoms with Crippen LogP contribution in [0.15, 0.2) is 24.3 Å². The molecule has 1 amide bonds. The van der Waals surface area contributed by atoms with Crippen molar-refractivity contribution in [3.8, 4) is 0 Å². The lowest BCUT2D eigenvalue weighted by molar-refractivity contribution is -0.126. The summed E-state index contributed by atoms with van der Waals surface area (Å²) in [5, 5.41) is 3.23. The van der Waals surface area contributed by atoms with Gasteiger partial charge in [0.05, 0.1) is 0 Å². The van der Waals surface area contributed by atoms with E-state index in [0.717, 1.165) is 45.4 Å². The molecule has 140 valence electrons. The largest absolute Gasteiger partial charge is 0.356 e. The van der Waals surface area contributed by atoms with Crippen molar-refractivity contribution in [3.05, 3.63) is 35.4 Å². The maximum atomic E-state index is 12.5. The van der Waals surface area contributed by atoms with Crippen LogP contribution in [-0.4, -0.2) is 30.4 Å². The summed E-state index contributed by atoms with van der Waals surface area (Å²) < 4.78 is 0. The van der Waals surface area contributed by atoms with Gasteiger partial charge in [-0.15, -0.1) is 0 Å². The number of unbranched alkanes of at least 4 members (excludes halogenated alkanes) is 1. The van der Waals surface area contributed by atoms with Crippen molar-refractivity contribution in [2.75, 3.05) is 19.6 Å². The minimum absolute atomic E-state index is 0.206. The summed E-state index contributed by atoms with van der Waals surface area (Å²) in [6.45, 7) is 10.5. The van der Waals surface area contributed by atoms with E-state index in [1.165, 1.54) is 30.4 Å². The van der Waals surface area contributed by atoms with E-state index in [2.05, 4.69) is 55.3 Å². The summed E-state index contributed by atoms with van der Waals surface area (Å²) in [6.07, 6.45) is 6.89. The number of carbonyl (C=O) groups is 1. The third-order valence-electron chi connectivity index (χ3n) is 5.56. The zero-order chi connectivity index (χ0) is 18.1. The van der Waals surface area contributed by atoms with Crippen LogP contribution in [0.1, 0.15) is 63.5 Å². The summed E-state index contributed by atoms with van der Waals surface area (Å²) in [6, 6.07) is 8.74. The van der Waals surface area contributed by atoms with Gasteiger partial charge in [0.1, 0.15) is 0 Å². The Bertz CT molecular complexity index is 521. The van der Waals surface area contributed by atoms with Gasteiger partial charge in [-0.1, -0.05) is 62.9 Å². The highest BCUT2D eigenvalue weighted by molar-refractivity contribution is 5.78. The number of likely N-dealkylation sites (tertiary alicyclic amines) is 1. The molecule has 1 aromatic carbocycles. The van der Waals surface area contributed by atoms with Gasteiger partial charge in [0.2, 0.25) is 5.91 Å². The Morgan fingerprint density at radius 1 is 1.28 bits per heavy atom. The van der Waals surface area contributed by atoms with E-state index >= 15 is 0 Å². The molecule has 3 nitrogen and oxygen atoms in total. The molecular weight excluding hydrogens is 308 g/mol. The zero-order valence-corrected chi connectivity index (χ0v) is 16.4. The second-order valence-corrected chi connectivity index (χ2v) is 7.70. The highest BCUT2D eigenvalue weighted by atomic mass is 16.1. The molecule has 1 saturated heterocycles. The molecule has 0 spiro atoms. The predicted molar refractivity (Wildman–Crippen MR) is 105 cm³/mol. The molecule has 3 heteroatoms. The number of aryl methyl sites for hydroxylation is 1. The highest BCUT2D eigenvalue weighted by Gasteiger charge is 2.25. The molecule has 0 bridgehead atoms. The lowest BCUT2D eigenvalue weighted by atomic mass is 9.94. The van der Waals surface area contributed by atoms with Crippen LogP contribution in [0.25, 0.3) is 0 Å². The van der Waals surface area contributed by atoms with E-state index in [1.807, 2.05) is 0 Å². The third-order valence-corrected chi connectivity index (χ3v) is 5.56. The van der Waals surface area contributed by atoms with Crippen LogP contribution < -0.4 is 5.32 Å². The van der Waals surface area contributed by atoms with Gasteiger partial charge in [-0.25, -0.2) is 0 Å². The van der Waals surface area contributed by atoms with Crippen molar-refractivity contribution < 1.29 is 4.79 Å². The maximum Gasteiger partial charge on any atom is 0.223 e. The van der Waals surface area contributed by atoms with Crippen LogP contribution in [0.5, 0.6) is 0 Å². The summed E-state index contributed by atoms with van der Waals surface area (Å²) in [5.74, 6) is 1.13. The van der Waals surface area contributed by atoms with Gasteiger partial charge in [-0.3, -0.25) is 9.69 Å². The van der Waals surface area contributed by atoms with E-state index in [9.17, 15) is 4.79 Å².